The average Bonchev–Trinajstić information content (AvgIpc) is 2.81. The summed E-state index contributed by atoms with van der Waals surface area (Å²) >= 11 is 0. The molecule has 2 aromatic rings. The van der Waals surface area contributed by atoms with Crippen LogP contribution in [0.2, 0.25) is 0 Å². The van der Waals surface area contributed by atoms with Crippen LogP contribution in [0.3, 0.4) is 0 Å². The molecule has 2 N–H and O–H groups in total. The number of terminal acetylenes is 1. The Morgan fingerprint density at radius 1 is 1.28 bits per heavy atom. The van der Waals surface area contributed by atoms with E-state index in [4.69, 9.17) is 17.0 Å². The highest BCUT2D eigenvalue weighted by Gasteiger charge is 2.07. The molecule has 0 bridgehead atoms. The normalized spacial score (nSPS) is 11.0. The van der Waals surface area contributed by atoms with Crippen LogP contribution >= 0.6 is 0 Å². The molecule has 2 aromatic carbocycles. The van der Waals surface area contributed by atoms with Crippen molar-refractivity contribution in [3.63, 3.8) is 0 Å². The van der Waals surface area contributed by atoms with E-state index in [0.29, 0.717) is 12.5 Å². The third kappa shape index (κ3) is 11.4. The Morgan fingerprint density at radius 3 is 2.41 bits per heavy atom. The van der Waals surface area contributed by atoms with Gasteiger partial charge in [-0.2, -0.15) is 0 Å². The number of nitrogens with two attached hydrogens (primary N) is 1. The molecule has 2 rings (SSSR count). The van der Waals surface area contributed by atoms with Gasteiger partial charge in [-0.25, -0.2) is 5.84 Å². The lowest BCUT2D eigenvalue weighted by atomic mass is 9.96. The first-order valence-electron chi connectivity index (χ1n) is 11.0. The molecule has 0 spiro atoms. The van der Waals surface area contributed by atoms with Gasteiger partial charge in [0.25, 0.3) is 0 Å². The fraction of sp³-hybridized carbons (Fsp3) is 0.393. The van der Waals surface area contributed by atoms with Gasteiger partial charge in [-0.15, -0.1) is 12.3 Å². The second-order valence-electron chi connectivity index (χ2n) is 7.52. The number of aryl methyl sites for hydroxylation is 1. The van der Waals surface area contributed by atoms with E-state index in [0.717, 1.165) is 30.0 Å². The highest BCUT2D eigenvalue weighted by atomic mass is 16.5. The number of hydrazine groups is 1. The van der Waals surface area contributed by atoms with Crippen LogP contribution in [0, 0.1) is 19.3 Å². The number of ether oxygens (including phenoxy) is 1. The Kier molecular flexibility index (Phi) is 15.1. The van der Waals surface area contributed by atoms with Gasteiger partial charge in [-0.3, -0.25) is 4.99 Å². The minimum Gasteiger partial charge on any atom is -0.476 e. The standard InChI is InChI=1S/C13H20N2.C11H15NO.C4H6/c1-5-10(3)12-7-8-13(15(4)14)11(6-2)9-12;1-9-5-4-6-11(7-9)8-13-10(2)12-3;1-3-4-2/h6-10H,2,5,14H2,1,3-4H3;4-7H,8H2,1-3H3;1H,4H2,2H3/t10-;;/m1../s1. The van der Waals surface area contributed by atoms with Gasteiger partial charge in [-0.1, -0.05) is 69.3 Å². The number of aliphatic imine (C=N–C) groups is 1. The molecule has 0 radical (unpaired) electrons. The monoisotopic (exact) mass is 435 g/mol. The lowest BCUT2D eigenvalue weighted by molar-refractivity contribution is 0.289. The molecule has 174 valence electrons. The highest BCUT2D eigenvalue weighted by Crippen LogP contribution is 2.26. The van der Waals surface area contributed by atoms with E-state index in [2.05, 4.69) is 74.7 Å². The van der Waals surface area contributed by atoms with Crippen LogP contribution in [0.5, 0.6) is 0 Å². The van der Waals surface area contributed by atoms with Gasteiger partial charge in [0, 0.05) is 27.4 Å². The largest absolute Gasteiger partial charge is 0.476 e. The van der Waals surface area contributed by atoms with E-state index in [1.165, 1.54) is 16.7 Å². The Hall–Kier alpha value is -3.03. The number of anilines is 1. The molecular formula is C28H41N3O. The molecule has 0 heterocycles. The molecule has 0 fully saturated rings. The summed E-state index contributed by atoms with van der Waals surface area (Å²) in [7, 11) is 3.57. The minimum atomic E-state index is 0.584. The molecule has 0 saturated carbocycles. The van der Waals surface area contributed by atoms with Crippen LogP contribution in [0.4, 0.5) is 5.69 Å². The van der Waals surface area contributed by atoms with Gasteiger partial charge in [0.05, 0.1) is 5.69 Å². The molecule has 1 atom stereocenters. The van der Waals surface area contributed by atoms with E-state index in [9.17, 15) is 0 Å². The van der Waals surface area contributed by atoms with Crippen LogP contribution in [0.1, 0.15) is 68.7 Å². The van der Waals surface area contributed by atoms with Crippen molar-refractivity contribution in [2.45, 2.75) is 60.0 Å². The SMILES string of the molecule is C#CCC.C=Cc1cc([C@H](C)CC)ccc1N(C)N.CN=C(C)OCc1cccc(C)c1. The van der Waals surface area contributed by atoms with Crippen LogP contribution in [0.25, 0.3) is 6.08 Å². The van der Waals surface area contributed by atoms with Crippen molar-refractivity contribution in [1.29, 1.82) is 0 Å². The van der Waals surface area contributed by atoms with Crippen LogP contribution in [-0.4, -0.2) is 20.0 Å². The van der Waals surface area contributed by atoms with Crippen molar-refractivity contribution in [3.8, 4) is 12.3 Å². The summed E-state index contributed by atoms with van der Waals surface area (Å²) in [5.41, 5.74) is 5.89. The van der Waals surface area contributed by atoms with E-state index < -0.39 is 0 Å². The van der Waals surface area contributed by atoms with Gasteiger partial charge in [0.2, 0.25) is 0 Å². The maximum Gasteiger partial charge on any atom is 0.180 e. The Labute approximate surface area is 196 Å². The quantitative estimate of drug-likeness (QED) is 0.180. The third-order valence-electron chi connectivity index (χ3n) is 4.88. The maximum atomic E-state index is 5.73. The molecule has 0 saturated heterocycles. The average molecular weight is 436 g/mol. The molecule has 0 aliphatic carbocycles. The first-order chi connectivity index (χ1) is 15.2. The molecule has 32 heavy (non-hydrogen) atoms. The molecule has 0 unspecified atom stereocenters. The first kappa shape index (κ1) is 29.0. The summed E-state index contributed by atoms with van der Waals surface area (Å²) in [5.74, 6) is 9.47. The molecular weight excluding hydrogens is 394 g/mol. The van der Waals surface area contributed by atoms with E-state index in [1.807, 2.05) is 33.0 Å². The summed E-state index contributed by atoms with van der Waals surface area (Å²) in [6.45, 7) is 14.7. The zero-order valence-electron chi connectivity index (χ0n) is 21.0. The minimum absolute atomic E-state index is 0.584. The second-order valence-corrected chi connectivity index (χ2v) is 7.52. The summed E-state index contributed by atoms with van der Waals surface area (Å²) in [6, 6.07) is 14.6. The number of nitrogens with zero attached hydrogens (tertiary/aromatic N) is 2. The smallest absolute Gasteiger partial charge is 0.180 e. The van der Waals surface area contributed by atoms with Gasteiger partial charge in [-0.05, 0) is 48.1 Å². The number of hydrogen-bond donors (Lipinski definition) is 1. The molecule has 0 aliphatic heterocycles. The number of rotatable bonds is 6. The van der Waals surface area contributed by atoms with Crippen molar-refractivity contribution in [3.05, 3.63) is 71.3 Å². The van der Waals surface area contributed by atoms with E-state index in [-0.39, 0.29) is 0 Å². The maximum absolute atomic E-state index is 5.73. The molecule has 4 heteroatoms. The molecule has 0 aromatic heterocycles. The summed E-state index contributed by atoms with van der Waals surface area (Å²) < 4.78 is 5.38. The second kappa shape index (κ2) is 16.6. The van der Waals surface area contributed by atoms with Crippen LogP contribution in [0.15, 0.2) is 54.0 Å². The van der Waals surface area contributed by atoms with Crippen molar-refractivity contribution < 1.29 is 4.74 Å². The highest BCUT2D eigenvalue weighted by molar-refractivity contribution is 5.72. The van der Waals surface area contributed by atoms with Crippen LogP contribution < -0.4 is 10.9 Å². The zero-order chi connectivity index (χ0) is 24.5. The Morgan fingerprint density at radius 2 is 1.94 bits per heavy atom. The van der Waals surface area contributed by atoms with Crippen molar-refractivity contribution in [1.82, 2.24) is 0 Å². The lowest BCUT2D eigenvalue weighted by Crippen LogP contribution is -2.25. The lowest BCUT2D eigenvalue weighted by Gasteiger charge is -2.18. The van der Waals surface area contributed by atoms with Crippen molar-refractivity contribution in [2.75, 3.05) is 19.1 Å². The van der Waals surface area contributed by atoms with Gasteiger partial charge < -0.3 is 9.75 Å². The Bertz CT molecular complexity index is 878. The molecule has 0 amide bonds. The number of benzene rings is 2. The van der Waals surface area contributed by atoms with Crippen LogP contribution in [-0.2, 0) is 11.3 Å². The predicted molar refractivity (Wildman–Crippen MR) is 142 cm³/mol. The fourth-order valence-corrected chi connectivity index (χ4v) is 2.65. The van der Waals surface area contributed by atoms with Gasteiger partial charge in [0.15, 0.2) is 5.90 Å². The topological polar surface area (TPSA) is 50.8 Å². The predicted octanol–water partition coefficient (Wildman–Crippen LogP) is 6.74. The summed E-state index contributed by atoms with van der Waals surface area (Å²) in [4.78, 5) is 3.92. The van der Waals surface area contributed by atoms with E-state index in [1.54, 1.807) is 12.1 Å². The van der Waals surface area contributed by atoms with Gasteiger partial charge >= 0.3 is 0 Å². The summed E-state index contributed by atoms with van der Waals surface area (Å²) in [5, 5.41) is 1.62. The van der Waals surface area contributed by atoms with Gasteiger partial charge in [0.1, 0.15) is 6.61 Å². The molecule has 4 nitrogen and oxygen atoms in total. The first-order valence-corrected chi connectivity index (χ1v) is 11.0. The van der Waals surface area contributed by atoms with E-state index >= 15 is 0 Å². The fourth-order valence-electron chi connectivity index (χ4n) is 2.65. The summed E-state index contributed by atoms with van der Waals surface area (Å²) in [6.07, 6.45) is 8.62. The van der Waals surface area contributed by atoms with Crippen molar-refractivity contribution >= 4 is 17.7 Å². The third-order valence-corrected chi connectivity index (χ3v) is 4.88. The molecule has 0 aliphatic rings. The Balaban J connectivity index is 0.000000519. The zero-order valence-corrected chi connectivity index (χ0v) is 21.0. The van der Waals surface area contributed by atoms with Crippen molar-refractivity contribution in [2.24, 2.45) is 10.8 Å². The number of hydrogen-bond acceptors (Lipinski definition) is 4.